The standard InChI is InChI=1S/C11H10BrF3N2O4/c1-16(7(18)4-21-2)6-3-5(11(14)15)8(12)9(13)10(6)17(19)20/h3,11H,4H2,1-2H3. The molecule has 0 saturated carbocycles. The average molecular weight is 371 g/mol. The van der Waals surface area contributed by atoms with Crippen molar-refractivity contribution in [2.45, 2.75) is 6.43 Å². The van der Waals surface area contributed by atoms with Crippen LogP contribution in [0.15, 0.2) is 10.5 Å². The zero-order valence-electron chi connectivity index (χ0n) is 10.9. The van der Waals surface area contributed by atoms with Gasteiger partial charge in [-0.05, 0) is 22.0 Å². The molecule has 116 valence electrons. The SMILES string of the molecule is COCC(=O)N(C)c1cc(C(F)F)c(Br)c(F)c1[N+](=O)[O-]. The molecule has 6 nitrogen and oxygen atoms in total. The number of nitro groups is 1. The summed E-state index contributed by atoms with van der Waals surface area (Å²) in [5.74, 6) is -2.22. The summed E-state index contributed by atoms with van der Waals surface area (Å²) in [6.45, 7) is -0.435. The molecule has 0 atom stereocenters. The first-order valence-corrected chi connectivity index (χ1v) is 6.21. The van der Waals surface area contributed by atoms with Gasteiger partial charge in [-0.1, -0.05) is 0 Å². The maximum atomic E-state index is 14.0. The first-order chi connectivity index (χ1) is 9.72. The largest absolute Gasteiger partial charge is 0.375 e. The fourth-order valence-corrected chi connectivity index (χ4v) is 2.04. The number of hydrogen-bond donors (Lipinski definition) is 0. The third kappa shape index (κ3) is 3.50. The van der Waals surface area contributed by atoms with Crippen LogP contribution in [-0.4, -0.2) is 31.6 Å². The van der Waals surface area contributed by atoms with E-state index in [-0.39, 0.29) is 0 Å². The number of amides is 1. The van der Waals surface area contributed by atoms with Gasteiger partial charge in [0.1, 0.15) is 12.3 Å². The number of carbonyl (C=O) groups is 1. The van der Waals surface area contributed by atoms with Crippen LogP contribution in [0.3, 0.4) is 0 Å². The molecule has 0 aliphatic rings. The highest BCUT2D eigenvalue weighted by molar-refractivity contribution is 9.10. The van der Waals surface area contributed by atoms with Crippen molar-refractivity contribution in [3.63, 3.8) is 0 Å². The molecule has 0 unspecified atom stereocenters. The Labute approximate surface area is 125 Å². The molecule has 0 aromatic heterocycles. The van der Waals surface area contributed by atoms with Crippen molar-refractivity contribution in [1.29, 1.82) is 0 Å². The second kappa shape index (κ2) is 6.85. The van der Waals surface area contributed by atoms with Gasteiger partial charge >= 0.3 is 5.69 Å². The summed E-state index contributed by atoms with van der Waals surface area (Å²) < 4.78 is 43.5. The second-order valence-corrected chi connectivity index (χ2v) is 4.70. The Morgan fingerprint density at radius 3 is 2.57 bits per heavy atom. The van der Waals surface area contributed by atoms with Gasteiger partial charge in [0.05, 0.1) is 9.40 Å². The molecule has 10 heteroatoms. The van der Waals surface area contributed by atoms with E-state index in [1.807, 2.05) is 0 Å². The van der Waals surface area contributed by atoms with Crippen molar-refractivity contribution in [1.82, 2.24) is 0 Å². The smallest absolute Gasteiger partial charge is 0.329 e. The van der Waals surface area contributed by atoms with E-state index in [9.17, 15) is 28.1 Å². The van der Waals surface area contributed by atoms with Gasteiger partial charge in [0.15, 0.2) is 0 Å². The van der Waals surface area contributed by atoms with E-state index < -0.39 is 51.1 Å². The minimum atomic E-state index is -3.07. The number of nitrogens with zero attached hydrogens (tertiary/aromatic N) is 2. The molecule has 0 fully saturated rings. The summed E-state index contributed by atoms with van der Waals surface area (Å²) in [6.07, 6.45) is -3.07. The number of alkyl halides is 2. The minimum absolute atomic E-state index is 0.435. The van der Waals surface area contributed by atoms with Crippen LogP contribution in [0.25, 0.3) is 0 Å². The molecule has 0 aliphatic heterocycles. The molecule has 0 radical (unpaired) electrons. The third-order valence-corrected chi connectivity index (χ3v) is 3.42. The van der Waals surface area contributed by atoms with Gasteiger partial charge in [-0.15, -0.1) is 0 Å². The van der Waals surface area contributed by atoms with E-state index in [0.717, 1.165) is 7.05 Å². The van der Waals surface area contributed by atoms with Crippen molar-refractivity contribution >= 4 is 33.2 Å². The van der Waals surface area contributed by atoms with Crippen molar-refractivity contribution in [2.75, 3.05) is 25.7 Å². The van der Waals surface area contributed by atoms with Crippen LogP contribution in [0.5, 0.6) is 0 Å². The van der Waals surface area contributed by atoms with Crippen LogP contribution >= 0.6 is 15.9 Å². The Morgan fingerprint density at radius 1 is 1.57 bits per heavy atom. The number of halogens is 4. The van der Waals surface area contributed by atoms with Gasteiger partial charge in [-0.2, -0.15) is 4.39 Å². The summed E-state index contributed by atoms with van der Waals surface area (Å²) in [5, 5.41) is 10.9. The van der Waals surface area contributed by atoms with Gasteiger partial charge in [0.25, 0.3) is 12.3 Å². The first kappa shape index (κ1) is 17.4. The lowest BCUT2D eigenvalue weighted by molar-refractivity contribution is -0.386. The van der Waals surface area contributed by atoms with Crippen LogP contribution in [0.1, 0.15) is 12.0 Å². The van der Waals surface area contributed by atoms with Crippen molar-refractivity contribution in [3.05, 3.63) is 32.0 Å². The van der Waals surface area contributed by atoms with Crippen LogP contribution in [0.2, 0.25) is 0 Å². The zero-order valence-corrected chi connectivity index (χ0v) is 12.5. The predicted molar refractivity (Wildman–Crippen MR) is 71.0 cm³/mol. The molecule has 1 aromatic rings. The van der Waals surface area contributed by atoms with E-state index in [1.54, 1.807) is 0 Å². The molecule has 0 spiro atoms. The van der Waals surface area contributed by atoms with Gasteiger partial charge in [0.2, 0.25) is 5.82 Å². The summed E-state index contributed by atoms with van der Waals surface area (Å²) in [6, 6.07) is 0.698. The van der Waals surface area contributed by atoms with Crippen LogP contribution < -0.4 is 4.90 Å². The Hall–Kier alpha value is -1.68. The fraction of sp³-hybridized carbons (Fsp3) is 0.364. The summed E-state index contributed by atoms with van der Waals surface area (Å²) in [5.41, 5.74) is -2.43. The van der Waals surface area contributed by atoms with E-state index in [2.05, 4.69) is 20.7 Å². The Kier molecular flexibility index (Phi) is 5.67. The number of ether oxygens (including phenoxy) is 1. The number of carbonyl (C=O) groups excluding carboxylic acids is 1. The second-order valence-electron chi connectivity index (χ2n) is 3.91. The highest BCUT2D eigenvalue weighted by Gasteiger charge is 2.31. The average Bonchev–Trinajstić information content (AvgIpc) is 2.39. The van der Waals surface area contributed by atoms with Gasteiger partial charge in [-0.3, -0.25) is 14.9 Å². The maximum absolute atomic E-state index is 14.0. The van der Waals surface area contributed by atoms with Gasteiger partial charge in [0, 0.05) is 19.7 Å². The number of methoxy groups -OCH3 is 1. The van der Waals surface area contributed by atoms with Crippen molar-refractivity contribution < 1.29 is 27.6 Å². The topological polar surface area (TPSA) is 72.7 Å². The molecule has 1 rings (SSSR count). The van der Waals surface area contributed by atoms with Crippen LogP contribution in [0.4, 0.5) is 24.5 Å². The zero-order chi connectivity index (χ0) is 16.3. The van der Waals surface area contributed by atoms with Gasteiger partial charge < -0.3 is 9.64 Å². The molecule has 0 aliphatic carbocycles. The minimum Gasteiger partial charge on any atom is -0.375 e. The molecule has 0 N–H and O–H groups in total. The van der Waals surface area contributed by atoms with Crippen molar-refractivity contribution in [3.8, 4) is 0 Å². The maximum Gasteiger partial charge on any atom is 0.329 e. The number of benzene rings is 1. The third-order valence-electron chi connectivity index (χ3n) is 2.61. The monoisotopic (exact) mass is 370 g/mol. The molecule has 21 heavy (non-hydrogen) atoms. The Balaban J connectivity index is 3.54. The molecule has 0 saturated heterocycles. The molecule has 0 bridgehead atoms. The molecular formula is C11H10BrF3N2O4. The quantitative estimate of drug-likeness (QED) is 0.589. The normalized spacial score (nSPS) is 10.8. The summed E-state index contributed by atoms with van der Waals surface area (Å²) >= 11 is 2.56. The van der Waals surface area contributed by atoms with Crippen molar-refractivity contribution in [2.24, 2.45) is 0 Å². The molecule has 1 amide bonds. The summed E-state index contributed by atoms with van der Waals surface area (Å²) in [7, 11) is 2.32. The Morgan fingerprint density at radius 2 is 2.14 bits per heavy atom. The highest BCUT2D eigenvalue weighted by atomic mass is 79.9. The lowest BCUT2D eigenvalue weighted by Crippen LogP contribution is -2.30. The van der Waals surface area contributed by atoms with Gasteiger partial charge in [-0.25, -0.2) is 8.78 Å². The number of hydrogen-bond acceptors (Lipinski definition) is 4. The fourth-order valence-electron chi connectivity index (χ4n) is 1.56. The summed E-state index contributed by atoms with van der Waals surface area (Å²) in [4.78, 5) is 22.2. The molecule has 0 heterocycles. The lowest BCUT2D eigenvalue weighted by atomic mass is 10.1. The highest BCUT2D eigenvalue weighted by Crippen LogP contribution is 2.40. The molecule has 1 aromatic carbocycles. The molecular weight excluding hydrogens is 361 g/mol. The predicted octanol–water partition coefficient (Wildman–Crippen LogP) is 3.04. The van der Waals surface area contributed by atoms with E-state index in [1.165, 1.54) is 7.11 Å². The van der Waals surface area contributed by atoms with E-state index in [0.29, 0.717) is 11.0 Å². The van der Waals surface area contributed by atoms with Crippen LogP contribution in [0, 0.1) is 15.9 Å². The van der Waals surface area contributed by atoms with Crippen LogP contribution in [-0.2, 0) is 9.53 Å². The van der Waals surface area contributed by atoms with E-state index >= 15 is 0 Å². The number of anilines is 1. The lowest BCUT2D eigenvalue weighted by Gasteiger charge is -2.19. The van der Waals surface area contributed by atoms with E-state index in [4.69, 9.17) is 0 Å². The number of nitro benzene ring substituents is 1. The Bertz CT molecular complexity index is 583. The number of rotatable bonds is 5. The first-order valence-electron chi connectivity index (χ1n) is 5.42. The number of likely N-dealkylation sites (N-methyl/N-ethyl adjacent to an activating group) is 1.